The first kappa shape index (κ1) is 18.0. The van der Waals surface area contributed by atoms with Gasteiger partial charge in [0.15, 0.2) is 0 Å². The molecule has 5 nitrogen and oxygen atoms in total. The lowest BCUT2D eigenvalue weighted by molar-refractivity contribution is -0.0147. The first-order valence-corrected chi connectivity index (χ1v) is 6.99. The Hall–Kier alpha value is -1.05. The third-order valence-electron chi connectivity index (χ3n) is 2.81. The van der Waals surface area contributed by atoms with Crippen molar-refractivity contribution < 1.29 is 23.3 Å². The Morgan fingerprint density at radius 1 is 0.952 bits per heavy atom. The molecule has 0 saturated heterocycles. The molecule has 1 aromatic rings. The van der Waals surface area contributed by atoms with Crippen LogP contribution in [-0.4, -0.2) is 53.3 Å². The molecule has 0 heterocycles. The number of hydrogen-bond acceptors (Lipinski definition) is 5. The summed E-state index contributed by atoms with van der Waals surface area (Å²) in [5.41, 5.74) is 6.52. The first-order valence-electron chi connectivity index (χ1n) is 6.99. The molecule has 21 heavy (non-hydrogen) atoms. The minimum atomic E-state index is -0.272. The second kappa shape index (κ2) is 11.6. The van der Waals surface area contributed by atoms with E-state index in [-0.39, 0.29) is 11.9 Å². The van der Waals surface area contributed by atoms with Crippen LogP contribution in [0.15, 0.2) is 24.3 Å². The van der Waals surface area contributed by atoms with E-state index < -0.39 is 0 Å². The quantitative estimate of drug-likeness (QED) is 0.593. The SMILES string of the molecule is COCCOCCOCCOC(CN)c1ccc(F)cc1. The molecule has 0 radical (unpaired) electrons. The number of rotatable bonds is 12. The second-order valence-corrected chi connectivity index (χ2v) is 4.36. The van der Waals surface area contributed by atoms with E-state index >= 15 is 0 Å². The largest absolute Gasteiger partial charge is 0.382 e. The zero-order valence-corrected chi connectivity index (χ0v) is 12.4. The molecule has 0 spiro atoms. The summed E-state index contributed by atoms with van der Waals surface area (Å²) in [6.07, 6.45) is -0.243. The summed E-state index contributed by atoms with van der Waals surface area (Å²) >= 11 is 0. The van der Waals surface area contributed by atoms with E-state index in [9.17, 15) is 4.39 Å². The maximum atomic E-state index is 12.8. The fourth-order valence-corrected chi connectivity index (χ4v) is 1.69. The van der Waals surface area contributed by atoms with Gasteiger partial charge in [0.1, 0.15) is 5.82 Å². The van der Waals surface area contributed by atoms with Crippen LogP contribution in [0.25, 0.3) is 0 Å². The monoisotopic (exact) mass is 301 g/mol. The number of halogens is 1. The highest BCUT2D eigenvalue weighted by Crippen LogP contribution is 2.16. The molecule has 0 saturated carbocycles. The van der Waals surface area contributed by atoms with E-state index in [1.54, 1.807) is 19.2 Å². The van der Waals surface area contributed by atoms with Gasteiger partial charge in [0.05, 0.1) is 45.7 Å². The van der Waals surface area contributed by atoms with Gasteiger partial charge in [-0.15, -0.1) is 0 Å². The molecule has 0 fully saturated rings. The zero-order chi connectivity index (χ0) is 15.3. The van der Waals surface area contributed by atoms with Crippen LogP contribution >= 0.6 is 0 Å². The molecule has 1 rings (SSSR count). The van der Waals surface area contributed by atoms with Crippen LogP contribution in [0.3, 0.4) is 0 Å². The Morgan fingerprint density at radius 2 is 1.52 bits per heavy atom. The van der Waals surface area contributed by atoms with Gasteiger partial charge in [-0.1, -0.05) is 12.1 Å². The number of nitrogens with two attached hydrogens (primary N) is 1. The Morgan fingerprint density at radius 3 is 2.10 bits per heavy atom. The van der Waals surface area contributed by atoms with Gasteiger partial charge in [0, 0.05) is 13.7 Å². The predicted octanol–water partition coefficient (Wildman–Crippen LogP) is 1.52. The normalized spacial score (nSPS) is 12.5. The van der Waals surface area contributed by atoms with Crippen molar-refractivity contribution in [1.29, 1.82) is 0 Å². The Labute approximate surface area is 125 Å². The molecular weight excluding hydrogens is 277 g/mol. The van der Waals surface area contributed by atoms with E-state index in [0.717, 1.165) is 5.56 Å². The van der Waals surface area contributed by atoms with Crippen LogP contribution in [0.5, 0.6) is 0 Å². The van der Waals surface area contributed by atoms with E-state index in [4.69, 9.17) is 24.7 Å². The number of ether oxygens (including phenoxy) is 4. The fraction of sp³-hybridized carbons (Fsp3) is 0.600. The summed E-state index contributed by atoms with van der Waals surface area (Å²) in [4.78, 5) is 0. The summed E-state index contributed by atoms with van der Waals surface area (Å²) in [5, 5.41) is 0. The molecule has 0 amide bonds. The predicted molar refractivity (Wildman–Crippen MR) is 77.7 cm³/mol. The number of benzene rings is 1. The number of hydrogen-bond donors (Lipinski definition) is 1. The van der Waals surface area contributed by atoms with Crippen LogP contribution in [0.1, 0.15) is 11.7 Å². The molecular formula is C15H24FNO4. The van der Waals surface area contributed by atoms with Crippen molar-refractivity contribution in [3.05, 3.63) is 35.6 Å². The molecule has 0 aromatic heterocycles. The van der Waals surface area contributed by atoms with Crippen molar-refractivity contribution in [2.75, 3.05) is 53.3 Å². The molecule has 1 aromatic carbocycles. The van der Waals surface area contributed by atoms with Crippen LogP contribution in [0, 0.1) is 5.82 Å². The molecule has 2 N–H and O–H groups in total. The molecule has 0 aliphatic heterocycles. The fourth-order valence-electron chi connectivity index (χ4n) is 1.69. The van der Waals surface area contributed by atoms with Gasteiger partial charge in [-0.25, -0.2) is 4.39 Å². The van der Waals surface area contributed by atoms with Gasteiger partial charge in [-0.05, 0) is 17.7 Å². The van der Waals surface area contributed by atoms with E-state index in [1.165, 1.54) is 12.1 Å². The van der Waals surface area contributed by atoms with Gasteiger partial charge in [0.25, 0.3) is 0 Å². The minimum Gasteiger partial charge on any atom is -0.382 e. The molecule has 120 valence electrons. The van der Waals surface area contributed by atoms with Gasteiger partial charge in [-0.3, -0.25) is 0 Å². The highest BCUT2D eigenvalue weighted by molar-refractivity contribution is 5.18. The molecule has 0 aliphatic rings. The van der Waals surface area contributed by atoms with Crippen LogP contribution in [0.4, 0.5) is 4.39 Å². The highest BCUT2D eigenvalue weighted by Gasteiger charge is 2.09. The number of methoxy groups -OCH3 is 1. The lowest BCUT2D eigenvalue weighted by Gasteiger charge is -2.16. The smallest absolute Gasteiger partial charge is 0.123 e. The van der Waals surface area contributed by atoms with Crippen molar-refractivity contribution in [3.8, 4) is 0 Å². The summed E-state index contributed by atoms with van der Waals surface area (Å²) < 4.78 is 34.0. The Kier molecular flexibility index (Phi) is 9.94. The maximum absolute atomic E-state index is 12.8. The summed E-state index contributed by atoms with van der Waals surface area (Å²) in [6, 6.07) is 6.15. The summed E-state index contributed by atoms with van der Waals surface area (Å²) in [6.45, 7) is 3.42. The topological polar surface area (TPSA) is 62.9 Å². The second-order valence-electron chi connectivity index (χ2n) is 4.36. The van der Waals surface area contributed by atoms with Crippen LogP contribution < -0.4 is 5.73 Å². The standard InChI is InChI=1S/C15H24FNO4/c1-18-6-7-19-8-9-20-10-11-21-15(12-17)13-2-4-14(16)5-3-13/h2-5,15H,6-12,17H2,1H3. The van der Waals surface area contributed by atoms with Crippen molar-refractivity contribution >= 4 is 0 Å². The molecule has 1 atom stereocenters. The Balaban J connectivity index is 2.08. The van der Waals surface area contributed by atoms with E-state index in [1.807, 2.05) is 0 Å². The van der Waals surface area contributed by atoms with Gasteiger partial charge >= 0.3 is 0 Å². The zero-order valence-electron chi connectivity index (χ0n) is 12.4. The average Bonchev–Trinajstić information content (AvgIpc) is 2.51. The van der Waals surface area contributed by atoms with E-state index in [2.05, 4.69) is 0 Å². The van der Waals surface area contributed by atoms with Gasteiger partial charge < -0.3 is 24.7 Å². The Bertz CT molecular complexity index is 361. The highest BCUT2D eigenvalue weighted by atomic mass is 19.1. The minimum absolute atomic E-state index is 0.243. The molecule has 6 heteroatoms. The summed E-state index contributed by atoms with van der Waals surface area (Å²) in [7, 11) is 1.63. The van der Waals surface area contributed by atoms with Gasteiger partial charge in [0.2, 0.25) is 0 Å². The molecule has 1 unspecified atom stereocenters. The summed E-state index contributed by atoms with van der Waals surface area (Å²) in [5.74, 6) is -0.272. The van der Waals surface area contributed by atoms with Crippen molar-refractivity contribution in [2.24, 2.45) is 5.73 Å². The third kappa shape index (κ3) is 8.08. The van der Waals surface area contributed by atoms with Crippen molar-refractivity contribution in [2.45, 2.75) is 6.10 Å². The van der Waals surface area contributed by atoms with Crippen molar-refractivity contribution in [3.63, 3.8) is 0 Å². The maximum Gasteiger partial charge on any atom is 0.123 e. The molecule has 0 bridgehead atoms. The van der Waals surface area contributed by atoms with Crippen molar-refractivity contribution in [1.82, 2.24) is 0 Å². The average molecular weight is 301 g/mol. The first-order chi connectivity index (χ1) is 10.3. The van der Waals surface area contributed by atoms with Gasteiger partial charge in [-0.2, -0.15) is 0 Å². The molecule has 0 aliphatic carbocycles. The lowest BCUT2D eigenvalue weighted by Crippen LogP contribution is -2.19. The van der Waals surface area contributed by atoms with E-state index in [0.29, 0.717) is 46.2 Å². The van der Waals surface area contributed by atoms with Crippen LogP contribution in [-0.2, 0) is 18.9 Å². The lowest BCUT2D eigenvalue weighted by atomic mass is 10.1. The van der Waals surface area contributed by atoms with Crippen LogP contribution in [0.2, 0.25) is 0 Å². The third-order valence-corrected chi connectivity index (χ3v) is 2.81.